The lowest BCUT2D eigenvalue weighted by atomic mass is 10.2. The van der Waals surface area contributed by atoms with E-state index in [4.69, 9.17) is 4.74 Å². The molecule has 0 fully saturated rings. The summed E-state index contributed by atoms with van der Waals surface area (Å²) in [5.74, 6) is 0. The summed E-state index contributed by atoms with van der Waals surface area (Å²) in [5.41, 5.74) is 3.14. The summed E-state index contributed by atoms with van der Waals surface area (Å²) < 4.78 is 6.04. The maximum Gasteiger partial charge on any atom is 0.411 e. The molecule has 0 unspecified atom stereocenters. The van der Waals surface area contributed by atoms with Crippen LogP contribution in [0.25, 0.3) is 11.0 Å². The van der Waals surface area contributed by atoms with Crippen molar-refractivity contribution in [3.05, 3.63) is 64.0 Å². The predicted molar refractivity (Wildman–Crippen MR) is 92.5 cm³/mol. The molecule has 1 N–H and O–H groups in total. The Balaban J connectivity index is 1.70. The molecule has 3 rings (SSSR count). The second kappa shape index (κ2) is 6.69. The topological polar surface area (TPSA) is 64.1 Å². The van der Waals surface area contributed by atoms with Gasteiger partial charge in [-0.2, -0.15) is 0 Å². The third-order valence-corrected chi connectivity index (χ3v) is 4.12. The molecule has 5 nitrogen and oxygen atoms in total. The Kier molecular flexibility index (Phi) is 4.47. The van der Waals surface area contributed by atoms with Crippen molar-refractivity contribution in [1.82, 2.24) is 9.97 Å². The predicted octanol–water partition coefficient (Wildman–Crippen LogP) is 3.98. The van der Waals surface area contributed by atoms with Gasteiger partial charge in [-0.15, -0.1) is 0 Å². The molecule has 0 radical (unpaired) electrons. The molecular formula is C16H12IN3O2. The first kappa shape index (κ1) is 14.7. The van der Waals surface area contributed by atoms with Crippen LogP contribution in [0.4, 0.5) is 10.5 Å². The van der Waals surface area contributed by atoms with Crippen molar-refractivity contribution in [1.29, 1.82) is 0 Å². The van der Waals surface area contributed by atoms with Gasteiger partial charge < -0.3 is 4.74 Å². The normalized spacial score (nSPS) is 10.4. The number of hydrogen-bond donors (Lipinski definition) is 1. The molecular weight excluding hydrogens is 393 g/mol. The van der Waals surface area contributed by atoms with Gasteiger partial charge in [0.2, 0.25) is 0 Å². The van der Waals surface area contributed by atoms with Crippen molar-refractivity contribution in [3.63, 3.8) is 0 Å². The maximum absolute atomic E-state index is 11.9. The Morgan fingerprint density at radius 3 is 2.68 bits per heavy atom. The summed E-state index contributed by atoms with van der Waals surface area (Å²) in [6.45, 7) is 0.233. The Morgan fingerprint density at radius 1 is 1.09 bits per heavy atom. The van der Waals surface area contributed by atoms with E-state index in [-0.39, 0.29) is 6.61 Å². The fourth-order valence-corrected chi connectivity index (χ4v) is 2.70. The number of anilines is 1. The fraction of sp³-hybridized carbons (Fsp3) is 0.0625. The number of carbonyl (C=O) groups is 1. The zero-order valence-corrected chi connectivity index (χ0v) is 13.6. The van der Waals surface area contributed by atoms with E-state index < -0.39 is 6.09 Å². The van der Waals surface area contributed by atoms with Crippen LogP contribution in [0, 0.1) is 3.57 Å². The summed E-state index contributed by atoms with van der Waals surface area (Å²) in [6, 6.07) is 13.1. The van der Waals surface area contributed by atoms with Gasteiger partial charge in [-0.25, -0.2) is 4.79 Å². The average Bonchev–Trinajstić information content (AvgIpc) is 2.57. The molecule has 6 heteroatoms. The highest BCUT2D eigenvalue weighted by Crippen LogP contribution is 2.25. The van der Waals surface area contributed by atoms with Gasteiger partial charge in [-0.3, -0.25) is 15.3 Å². The van der Waals surface area contributed by atoms with Crippen LogP contribution in [0.2, 0.25) is 0 Å². The van der Waals surface area contributed by atoms with Crippen LogP contribution < -0.4 is 5.32 Å². The standard InChI is InChI=1S/C16H12IN3O2/c17-14-12(6-7-13-15(14)19-9-8-18-13)20-16(21)22-10-11-4-2-1-3-5-11/h1-9H,10H2,(H,20,21). The minimum atomic E-state index is -0.495. The molecule has 0 spiro atoms. The molecule has 2 aromatic carbocycles. The van der Waals surface area contributed by atoms with Gasteiger partial charge >= 0.3 is 6.09 Å². The molecule has 110 valence electrons. The Labute approximate surface area is 140 Å². The Bertz CT molecular complexity index is 809. The smallest absolute Gasteiger partial charge is 0.411 e. The van der Waals surface area contributed by atoms with Crippen LogP contribution in [-0.4, -0.2) is 16.1 Å². The van der Waals surface area contributed by atoms with Crippen molar-refractivity contribution in [3.8, 4) is 0 Å². The largest absolute Gasteiger partial charge is 0.444 e. The van der Waals surface area contributed by atoms with Gasteiger partial charge in [0.15, 0.2) is 0 Å². The molecule has 0 atom stereocenters. The summed E-state index contributed by atoms with van der Waals surface area (Å²) in [7, 11) is 0. The highest BCUT2D eigenvalue weighted by molar-refractivity contribution is 14.1. The summed E-state index contributed by atoms with van der Waals surface area (Å²) >= 11 is 2.14. The molecule has 1 heterocycles. The van der Waals surface area contributed by atoms with Crippen molar-refractivity contribution in [2.75, 3.05) is 5.32 Å². The SMILES string of the molecule is O=C(Nc1ccc2nccnc2c1I)OCc1ccccc1. The zero-order chi connectivity index (χ0) is 15.4. The molecule has 0 bridgehead atoms. The zero-order valence-electron chi connectivity index (χ0n) is 11.5. The van der Waals surface area contributed by atoms with Crippen molar-refractivity contribution >= 4 is 45.4 Å². The van der Waals surface area contributed by atoms with Crippen molar-refractivity contribution < 1.29 is 9.53 Å². The molecule has 0 saturated carbocycles. The molecule has 0 aliphatic carbocycles. The van der Waals surface area contributed by atoms with Crippen LogP contribution >= 0.6 is 22.6 Å². The molecule has 22 heavy (non-hydrogen) atoms. The molecule has 0 aliphatic heterocycles. The van der Waals surface area contributed by atoms with Crippen LogP contribution in [0.5, 0.6) is 0 Å². The number of amides is 1. The number of aromatic nitrogens is 2. The number of hydrogen-bond acceptors (Lipinski definition) is 4. The van der Waals surface area contributed by atoms with Crippen LogP contribution in [0.15, 0.2) is 54.9 Å². The first-order valence-corrected chi connectivity index (χ1v) is 7.69. The molecule has 0 aliphatic rings. The quantitative estimate of drug-likeness (QED) is 0.670. The van der Waals surface area contributed by atoms with E-state index in [9.17, 15) is 4.79 Å². The van der Waals surface area contributed by atoms with Crippen molar-refractivity contribution in [2.45, 2.75) is 6.61 Å². The lowest BCUT2D eigenvalue weighted by molar-refractivity contribution is 0.155. The van der Waals surface area contributed by atoms with Gasteiger partial charge in [0.25, 0.3) is 0 Å². The van der Waals surface area contributed by atoms with E-state index in [2.05, 4.69) is 37.9 Å². The van der Waals surface area contributed by atoms with E-state index >= 15 is 0 Å². The number of carbonyl (C=O) groups excluding carboxylic acids is 1. The van der Waals surface area contributed by atoms with E-state index in [1.165, 1.54) is 0 Å². The molecule has 3 aromatic rings. The number of rotatable bonds is 3. The number of nitrogens with one attached hydrogen (secondary N) is 1. The van der Waals surface area contributed by atoms with Gasteiger partial charge in [0.1, 0.15) is 12.1 Å². The van der Waals surface area contributed by atoms with Gasteiger partial charge in [0.05, 0.1) is 14.8 Å². The van der Waals surface area contributed by atoms with Gasteiger partial charge in [-0.1, -0.05) is 30.3 Å². The van der Waals surface area contributed by atoms with E-state index in [0.29, 0.717) is 5.69 Å². The number of fused-ring (bicyclic) bond motifs is 1. The summed E-state index contributed by atoms with van der Waals surface area (Å²) in [5, 5.41) is 2.74. The number of ether oxygens (including phenoxy) is 1. The second-order valence-corrected chi connectivity index (χ2v) is 5.62. The first-order valence-electron chi connectivity index (χ1n) is 6.61. The van der Waals surface area contributed by atoms with Crippen molar-refractivity contribution in [2.24, 2.45) is 0 Å². The number of nitrogens with zero attached hydrogens (tertiary/aromatic N) is 2. The van der Waals surface area contributed by atoms with E-state index in [1.54, 1.807) is 18.5 Å². The fourth-order valence-electron chi connectivity index (χ4n) is 1.97. The third-order valence-electron chi connectivity index (χ3n) is 3.03. The average molecular weight is 405 g/mol. The summed E-state index contributed by atoms with van der Waals surface area (Å²) in [6.07, 6.45) is 2.77. The Morgan fingerprint density at radius 2 is 1.86 bits per heavy atom. The molecule has 0 saturated heterocycles. The van der Waals surface area contributed by atoms with Gasteiger partial charge in [-0.05, 0) is 40.3 Å². The second-order valence-electron chi connectivity index (χ2n) is 4.54. The highest BCUT2D eigenvalue weighted by Gasteiger charge is 2.10. The van der Waals surface area contributed by atoms with Gasteiger partial charge in [0, 0.05) is 12.4 Å². The molecule has 1 amide bonds. The van der Waals surface area contributed by atoms with Crippen LogP contribution in [0.1, 0.15) is 5.56 Å². The summed E-state index contributed by atoms with van der Waals surface area (Å²) in [4.78, 5) is 20.4. The lowest BCUT2D eigenvalue weighted by Crippen LogP contribution is -2.14. The van der Waals surface area contributed by atoms with E-state index in [1.807, 2.05) is 36.4 Å². The van der Waals surface area contributed by atoms with Crippen LogP contribution in [0.3, 0.4) is 0 Å². The first-order chi connectivity index (χ1) is 10.7. The number of benzene rings is 2. The van der Waals surface area contributed by atoms with E-state index in [0.717, 1.165) is 20.2 Å². The minimum absolute atomic E-state index is 0.233. The maximum atomic E-state index is 11.9. The monoisotopic (exact) mass is 405 g/mol. The highest BCUT2D eigenvalue weighted by atomic mass is 127. The Hall–Kier alpha value is -2.22. The van der Waals surface area contributed by atoms with Crippen LogP contribution in [-0.2, 0) is 11.3 Å². The number of halogens is 1. The lowest BCUT2D eigenvalue weighted by Gasteiger charge is -2.09. The third kappa shape index (κ3) is 3.33. The molecule has 1 aromatic heterocycles. The minimum Gasteiger partial charge on any atom is -0.444 e.